The summed E-state index contributed by atoms with van der Waals surface area (Å²) in [5.74, 6) is 0.643. The summed E-state index contributed by atoms with van der Waals surface area (Å²) in [4.78, 5) is 22.8. The third-order valence-electron chi connectivity index (χ3n) is 3.63. The minimum atomic E-state index is -0.908. The lowest BCUT2D eigenvalue weighted by Crippen LogP contribution is -2.48. The number of nitrogens with zero attached hydrogens (tertiary/aromatic N) is 4. The molecule has 0 unspecified atom stereocenters. The Balaban J connectivity index is 1.81. The number of piperazine rings is 1. The van der Waals surface area contributed by atoms with Gasteiger partial charge in [-0.15, -0.1) is 0 Å². The van der Waals surface area contributed by atoms with Crippen LogP contribution in [-0.4, -0.2) is 52.2 Å². The molecule has 1 saturated heterocycles. The van der Waals surface area contributed by atoms with E-state index in [0.29, 0.717) is 43.4 Å². The number of carbonyl (C=O) groups is 1. The maximum Gasteiger partial charge on any atom is 0.407 e. The van der Waals surface area contributed by atoms with Gasteiger partial charge in [0.25, 0.3) is 0 Å². The first-order chi connectivity index (χ1) is 10.6. The van der Waals surface area contributed by atoms with E-state index in [4.69, 9.17) is 5.11 Å². The number of hydrogen-bond donors (Lipinski definition) is 1. The molecule has 0 atom stereocenters. The van der Waals surface area contributed by atoms with Gasteiger partial charge in [-0.1, -0.05) is 12.1 Å². The summed E-state index contributed by atoms with van der Waals surface area (Å²) in [6.07, 6.45) is 0.683. The highest BCUT2D eigenvalue weighted by atomic mass is 19.1. The zero-order valence-electron chi connectivity index (χ0n) is 11.8. The van der Waals surface area contributed by atoms with E-state index in [2.05, 4.69) is 9.97 Å². The third kappa shape index (κ3) is 2.83. The van der Waals surface area contributed by atoms with Crippen LogP contribution in [-0.2, 0) is 0 Å². The van der Waals surface area contributed by atoms with E-state index in [0.717, 1.165) is 0 Å². The Kier molecular flexibility index (Phi) is 3.86. The molecule has 114 valence electrons. The van der Waals surface area contributed by atoms with E-state index in [-0.39, 0.29) is 5.82 Å². The van der Waals surface area contributed by atoms with Crippen molar-refractivity contribution in [2.45, 2.75) is 0 Å². The number of carboxylic acid groups (broad SMARTS) is 1. The summed E-state index contributed by atoms with van der Waals surface area (Å²) in [6, 6.07) is 8.11. The van der Waals surface area contributed by atoms with E-state index in [1.807, 2.05) is 4.90 Å². The molecule has 1 N–H and O–H groups in total. The first kappa shape index (κ1) is 14.2. The molecule has 7 heteroatoms. The summed E-state index contributed by atoms with van der Waals surface area (Å²) in [6.45, 7) is 1.96. The Bertz CT molecular complexity index is 687. The molecular weight excluding hydrogens is 287 g/mol. The van der Waals surface area contributed by atoms with Crippen LogP contribution in [0.4, 0.5) is 15.0 Å². The standard InChI is InChI=1S/C15H15FN4O2/c16-12-4-2-1-3-11(12)14-17-6-5-13(18-14)19-7-9-20(10-8-19)15(21)22/h1-6H,7-10H2,(H,21,22). The fourth-order valence-electron chi connectivity index (χ4n) is 2.42. The molecular formula is C15H15FN4O2. The molecule has 3 rings (SSSR count). The average molecular weight is 302 g/mol. The van der Waals surface area contributed by atoms with Crippen LogP contribution in [0.15, 0.2) is 36.5 Å². The van der Waals surface area contributed by atoms with Crippen molar-refractivity contribution in [2.24, 2.45) is 0 Å². The third-order valence-corrected chi connectivity index (χ3v) is 3.63. The summed E-state index contributed by atoms with van der Waals surface area (Å²) in [5, 5.41) is 8.96. The van der Waals surface area contributed by atoms with Gasteiger partial charge in [-0.25, -0.2) is 19.2 Å². The van der Waals surface area contributed by atoms with Crippen LogP contribution in [0, 0.1) is 5.82 Å². The maximum atomic E-state index is 13.8. The maximum absolute atomic E-state index is 13.8. The van der Waals surface area contributed by atoms with Crippen molar-refractivity contribution >= 4 is 11.9 Å². The number of hydrogen-bond acceptors (Lipinski definition) is 4. The van der Waals surface area contributed by atoms with Crippen LogP contribution in [0.5, 0.6) is 0 Å². The predicted molar refractivity (Wildman–Crippen MR) is 79.2 cm³/mol. The van der Waals surface area contributed by atoms with Crippen LogP contribution in [0.25, 0.3) is 11.4 Å². The van der Waals surface area contributed by atoms with Crippen LogP contribution < -0.4 is 4.90 Å². The molecule has 0 spiro atoms. The van der Waals surface area contributed by atoms with Crippen molar-refractivity contribution in [1.29, 1.82) is 0 Å². The first-order valence-electron chi connectivity index (χ1n) is 6.96. The Morgan fingerprint density at radius 2 is 1.86 bits per heavy atom. The van der Waals surface area contributed by atoms with E-state index >= 15 is 0 Å². The van der Waals surface area contributed by atoms with Gasteiger partial charge in [-0.05, 0) is 18.2 Å². The summed E-state index contributed by atoms with van der Waals surface area (Å²) < 4.78 is 13.8. The molecule has 1 aromatic heterocycles. The van der Waals surface area contributed by atoms with Crippen LogP contribution >= 0.6 is 0 Å². The molecule has 0 radical (unpaired) electrons. The van der Waals surface area contributed by atoms with Gasteiger partial charge < -0.3 is 14.9 Å². The van der Waals surface area contributed by atoms with Crippen LogP contribution in [0.1, 0.15) is 0 Å². The molecule has 1 amide bonds. The Hall–Kier alpha value is -2.70. The van der Waals surface area contributed by atoms with Crippen molar-refractivity contribution in [3.05, 3.63) is 42.3 Å². The minimum Gasteiger partial charge on any atom is -0.465 e. The molecule has 0 bridgehead atoms. The number of halogens is 1. The molecule has 1 aliphatic rings. The topological polar surface area (TPSA) is 69.6 Å². The SMILES string of the molecule is O=C(O)N1CCN(c2ccnc(-c3ccccc3F)n2)CC1. The lowest BCUT2D eigenvalue weighted by Gasteiger charge is -2.33. The molecule has 0 aliphatic carbocycles. The molecule has 22 heavy (non-hydrogen) atoms. The minimum absolute atomic E-state index is 0.330. The molecule has 2 aromatic rings. The Morgan fingerprint density at radius 3 is 2.55 bits per heavy atom. The van der Waals surface area contributed by atoms with Crippen molar-refractivity contribution in [2.75, 3.05) is 31.1 Å². The Labute approximate surface area is 126 Å². The zero-order valence-corrected chi connectivity index (χ0v) is 11.8. The molecule has 1 aliphatic heterocycles. The summed E-state index contributed by atoms with van der Waals surface area (Å²) in [7, 11) is 0. The second-order valence-electron chi connectivity index (χ2n) is 4.97. The van der Waals surface area contributed by atoms with Crippen molar-refractivity contribution < 1.29 is 14.3 Å². The number of anilines is 1. The summed E-state index contributed by atoms with van der Waals surface area (Å²) >= 11 is 0. The van der Waals surface area contributed by atoms with Crippen molar-refractivity contribution in [3.63, 3.8) is 0 Å². The highest BCUT2D eigenvalue weighted by Gasteiger charge is 2.21. The largest absolute Gasteiger partial charge is 0.465 e. The lowest BCUT2D eigenvalue weighted by molar-refractivity contribution is 0.142. The van der Waals surface area contributed by atoms with Gasteiger partial charge in [0.2, 0.25) is 0 Å². The molecule has 6 nitrogen and oxygen atoms in total. The second kappa shape index (κ2) is 5.97. The number of benzene rings is 1. The monoisotopic (exact) mass is 302 g/mol. The van der Waals surface area contributed by atoms with Gasteiger partial charge in [0.15, 0.2) is 5.82 Å². The van der Waals surface area contributed by atoms with Crippen molar-refractivity contribution in [1.82, 2.24) is 14.9 Å². The van der Waals surface area contributed by atoms with Gasteiger partial charge >= 0.3 is 6.09 Å². The number of amides is 1. The normalized spacial score (nSPS) is 15.0. The van der Waals surface area contributed by atoms with E-state index in [9.17, 15) is 9.18 Å². The molecule has 2 heterocycles. The van der Waals surface area contributed by atoms with Crippen LogP contribution in [0.3, 0.4) is 0 Å². The van der Waals surface area contributed by atoms with Gasteiger partial charge in [0.05, 0.1) is 5.56 Å². The van der Waals surface area contributed by atoms with E-state index < -0.39 is 6.09 Å². The lowest BCUT2D eigenvalue weighted by atomic mass is 10.2. The zero-order chi connectivity index (χ0) is 15.5. The van der Waals surface area contributed by atoms with E-state index in [1.165, 1.54) is 11.0 Å². The van der Waals surface area contributed by atoms with Gasteiger partial charge in [0, 0.05) is 32.4 Å². The highest BCUT2D eigenvalue weighted by molar-refractivity contribution is 5.65. The first-order valence-corrected chi connectivity index (χ1v) is 6.96. The fraction of sp³-hybridized carbons (Fsp3) is 0.267. The van der Waals surface area contributed by atoms with E-state index in [1.54, 1.807) is 30.5 Å². The molecule has 1 aromatic carbocycles. The van der Waals surface area contributed by atoms with Crippen LogP contribution in [0.2, 0.25) is 0 Å². The van der Waals surface area contributed by atoms with Gasteiger partial charge in [0.1, 0.15) is 11.6 Å². The average Bonchev–Trinajstić information content (AvgIpc) is 2.55. The quantitative estimate of drug-likeness (QED) is 0.920. The fourth-order valence-corrected chi connectivity index (χ4v) is 2.42. The van der Waals surface area contributed by atoms with Crippen molar-refractivity contribution in [3.8, 4) is 11.4 Å². The number of aromatic nitrogens is 2. The molecule has 1 fully saturated rings. The smallest absolute Gasteiger partial charge is 0.407 e. The Morgan fingerprint density at radius 1 is 1.14 bits per heavy atom. The predicted octanol–water partition coefficient (Wildman–Crippen LogP) is 2.08. The highest BCUT2D eigenvalue weighted by Crippen LogP contribution is 2.21. The number of rotatable bonds is 2. The van der Waals surface area contributed by atoms with Gasteiger partial charge in [-0.3, -0.25) is 0 Å². The second-order valence-corrected chi connectivity index (χ2v) is 4.97. The molecule has 0 saturated carbocycles. The summed E-state index contributed by atoms with van der Waals surface area (Å²) in [5.41, 5.74) is 0.355. The van der Waals surface area contributed by atoms with Gasteiger partial charge in [-0.2, -0.15) is 0 Å².